The molecule has 3 rings (SSSR count). The number of nitrogens with one attached hydrogen (secondary N) is 1. The molecule has 4 heteroatoms. The molecule has 0 unspecified atom stereocenters. The SMILES string of the molecule is Nc1ccc2c(c1)NC(=O)N(Cc1ccccc1)C2. The Kier molecular flexibility index (Phi) is 2.83. The number of carbonyl (C=O) groups excluding carboxylic acids is 1. The smallest absolute Gasteiger partial charge is 0.322 e. The summed E-state index contributed by atoms with van der Waals surface area (Å²) in [5, 5.41) is 2.88. The van der Waals surface area contributed by atoms with Crippen LogP contribution in [0.4, 0.5) is 16.2 Å². The van der Waals surface area contributed by atoms with Crippen LogP contribution in [0.3, 0.4) is 0 Å². The van der Waals surface area contributed by atoms with Gasteiger partial charge in [0, 0.05) is 24.5 Å². The van der Waals surface area contributed by atoms with Gasteiger partial charge < -0.3 is 16.0 Å². The highest BCUT2D eigenvalue weighted by Crippen LogP contribution is 2.26. The van der Waals surface area contributed by atoms with Gasteiger partial charge in [0.25, 0.3) is 0 Å². The van der Waals surface area contributed by atoms with Crippen LogP contribution in [0.2, 0.25) is 0 Å². The Bertz CT molecular complexity index is 610. The van der Waals surface area contributed by atoms with Crippen LogP contribution in [0.5, 0.6) is 0 Å². The van der Waals surface area contributed by atoms with Crippen molar-refractivity contribution in [1.82, 2.24) is 4.90 Å². The van der Waals surface area contributed by atoms with Gasteiger partial charge in [0.05, 0.1) is 0 Å². The molecule has 96 valence electrons. The highest BCUT2D eigenvalue weighted by Gasteiger charge is 2.22. The number of benzene rings is 2. The molecule has 0 radical (unpaired) electrons. The Morgan fingerprint density at radius 2 is 1.95 bits per heavy atom. The molecular formula is C15H15N3O. The number of rotatable bonds is 2. The summed E-state index contributed by atoms with van der Waals surface area (Å²) in [6.45, 7) is 1.22. The van der Waals surface area contributed by atoms with Gasteiger partial charge in [0.2, 0.25) is 0 Å². The first-order chi connectivity index (χ1) is 9.22. The maximum atomic E-state index is 12.0. The lowest BCUT2D eigenvalue weighted by atomic mass is 10.1. The zero-order valence-corrected chi connectivity index (χ0v) is 10.5. The lowest BCUT2D eigenvalue weighted by Crippen LogP contribution is -2.38. The van der Waals surface area contributed by atoms with E-state index in [0.717, 1.165) is 16.8 Å². The van der Waals surface area contributed by atoms with Gasteiger partial charge in [-0.15, -0.1) is 0 Å². The summed E-state index contributed by atoms with van der Waals surface area (Å²) in [6, 6.07) is 15.5. The summed E-state index contributed by atoms with van der Waals surface area (Å²) in [5.74, 6) is 0. The lowest BCUT2D eigenvalue weighted by molar-refractivity contribution is 0.204. The number of hydrogen-bond acceptors (Lipinski definition) is 2. The van der Waals surface area contributed by atoms with Crippen molar-refractivity contribution < 1.29 is 4.79 Å². The van der Waals surface area contributed by atoms with Gasteiger partial charge in [-0.25, -0.2) is 4.79 Å². The Hall–Kier alpha value is -2.49. The Morgan fingerprint density at radius 3 is 2.74 bits per heavy atom. The third kappa shape index (κ3) is 2.38. The summed E-state index contributed by atoms with van der Waals surface area (Å²) in [4.78, 5) is 13.8. The molecule has 0 spiro atoms. The molecule has 2 aromatic rings. The number of hydrogen-bond donors (Lipinski definition) is 2. The van der Waals surface area contributed by atoms with Crippen LogP contribution < -0.4 is 11.1 Å². The number of nitrogens with two attached hydrogens (primary N) is 1. The lowest BCUT2D eigenvalue weighted by Gasteiger charge is -2.29. The molecule has 1 aliphatic heterocycles. The molecule has 4 nitrogen and oxygen atoms in total. The monoisotopic (exact) mass is 253 g/mol. The van der Waals surface area contributed by atoms with Gasteiger partial charge in [0.1, 0.15) is 0 Å². The first-order valence-electron chi connectivity index (χ1n) is 6.20. The first kappa shape index (κ1) is 11.6. The van der Waals surface area contributed by atoms with Crippen molar-refractivity contribution >= 4 is 17.4 Å². The van der Waals surface area contributed by atoms with Crippen LogP contribution in [0.25, 0.3) is 0 Å². The van der Waals surface area contributed by atoms with Gasteiger partial charge in [-0.1, -0.05) is 36.4 Å². The predicted molar refractivity (Wildman–Crippen MR) is 75.6 cm³/mol. The third-order valence-corrected chi connectivity index (χ3v) is 3.24. The molecular weight excluding hydrogens is 238 g/mol. The fraction of sp³-hybridized carbons (Fsp3) is 0.133. The number of amides is 2. The maximum absolute atomic E-state index is 12.0. The van der Waals surface area contributed by atoms with Crippen molar-refractivity contribution in [3.63, 3.8) is 0 Å². The summed E-state index contributed by atoms with van der Waals surface area (Å²) < 4.78 is 0. The standard InChI is InChI=1S/C15H15N3O/c16-13-7-6-12-10-18(15(19)17-14(12)8-13)9-11-4-2-1-3-5-11/h1-8H,9-10,16H2,(H,17,19). The van der Waals surface area contributed by atoms with Crippen molar-refractivity contribution in [1.29, 1.82) is 0 Å². The molecule has 19 heavy (non-hydrogen) atoms. The molecule has 1 heterocycles. The molecule has 2 aromatic carbocycles. The molecule has 0 fully saturated rings. The van der Waals surface area contributed by atoms with Crippen molar-refractivity contribution in [3.8, 4) is 0 Å². The zero-order valence-electron chi connectivity index (χ0n) is 10.5. The second-order valence-corrected chi connectivity index (χ2v) is 4.69. The van der Waals surface area contributed by atoms with Gasteiger partial charge in [-0.2, -0.15) is 0 Å². The molecule has 0 bridgehead atoms. The van der Waals surface area contributed by atoms with E-state index in [9.17, 15) is 4.79 Å². The average Bonchev–Trinajstić information content (AvgIpc) is 2.41. The quantitative estimate of drug-likeness (QED) is 0.808. The van der Waals surface area contributed by atoms with Gasteiger partial charge in [0.15, 0.2) is 0 Å². The topological polar surface area (TPSA) is 58.4 Å². The van der Waals surface area contributed by atoms with Gasteiger partial charge >= 0.3 is 6.03 Å². The highest BCUT2D eigenvalue weighted by atomic mass is 16.2. The largest absolute Gasteiger partial charge is 0.399 e. The second kappa shape index (κ2) is 4.65. The fourth-order valence-corrected chi connectivity index (χ4v) is 2.25. The minimum Gasteiger partial charge on any atom is -0.399 e. The van der Waals surface area contributed by atoms with Crippen molar-refractivity contribution in [2.24, 2.45) is 0 Å². The van der Waals surface area contributed by atoms with Gasteiger partial charge in [-0.05, 0) is 23.3 Å². The number of urea groups is 1. The fourth-order valence-electron chi connectivity index (χ4n) is 2.25. The number of fused-ring (bicyclic) bond motifs is 1. The van der Waals surface area contributed by atoms with E-state index in [1.807, 2.05) is 42.5 Å². The molecule has 3 N–H and O–H groups in total. The summed E-state index contributed by atoms with van der Waals surface area (Å²) in [7, 11) is 0. The molecule has 1 aliphatic rings. The van der Waals surface area contributed by atoms with E-state index < -0.39 is 0 Å². The zero-order chi connectivity index (χ0) is 13.2. The third-order valence-electron chi connectivity index (χ3n) is 3.24. The highest BCUT2D eigenvalue weighted by molar-refractivity contribution is 5.92. The maximum Gasteiger partial charge on any atom is 0.322 e. The van der Waals surface area contributed by atoms with E-state index in [-0.39, 0.29) is 6.03 Å². The second-order valence-electron chi connectivity index (χ2n) is 4.69. The van der Waals surface area contributed by atoms with E-state index in [2.05, 4.69) is 5.32 Å². The van der Waals surface area contributed by atoms with Crippen LogP contribution in [0.15, 0.2) is 48.5 Å². The average molecular weight is 253 g/mol. The number of nitrogens with zero attached hydrogens (tertiary/aromatic N) is 1. The molecule has 0 atom stereocenters. The van der Waals surface area contributed by atoms with Crippen LogP contribution in [0, 0.1) is 0 Å². The summed E-state index contributed by atoms with van der Waals surface area (Å²) >= 11 is 0. The van der Waals surface area contributed by atoms with E-state index in [1.54, 1.807) is 11.0 Å². The van der Waals surface area contributed by atoms with Crippen LogP contribution in [-0.2, 0) is 13.1 Å². The van der Waals surface area contributed by atoms with E-state index in [1.165, 1.54) is 0 Å². The number of nitrogen functional groups attached to an aromatic ring is 1. The van der Waals surface area contributed by atoms with Crippen LogP contribution >= 0.6 is 0 Å². The molecule has 0 saturated heterocycles. The minimum absolute atomic E-state index is 0.0815. The minimum atomic E-state index is -0.0815. The van der Waals surface area contributed by atoms with E-state index in [4.69, 9.17) is 5.73 Å². The molecule has 0 aliphatic carbocycles. The Labute approximate surface area is 111 Å². The van der Waals surface area contributed by atoms with Crippen LogP contribution in [0.1, 0.15) is 11.1 Å². The van der Waals surface area contributed by atoms with Crippen LogP contribution in [-0.4, -0.2) is 10.9 Å². The van der Waals surface area contributed by atoms with E-state index in [0.29, 0.717) is 18.8 Å². The first-order valence-corrected chi connectivity index (χ1v) is 6.20. The van der Waals surface area contributed by atoms with Gasteiger partial charge in [-0.3, -0.25) is 0 Å². The van der Waals surface area contributed by atoms with Crippen molar-refractivity contribution in [2.75, 3.05) is 11.1 Å². The molecule has 0 aromatic heterocycles. The van der Waals surface area contributed by atoms with E-state index >= 15 is 0 Å². The van der Waals surface area contributed by atoms with Crippen molar-refractivity contribution in [3.05, 3.63) is 59.7 Å². The summed E-state index contributed by atoms with van der Waals surface area (Å²) in [5.41, 5.74) is 9.41. The Morgan fingerprint density at radius 1 is 1.16 bits per heavy atom. The molecule has 0 saturated carbocycles. The van der Waals surface area contributed by atoms with Crippen molar-refractivity contribution in [2.45, 2.75) is 13.1 Å². The normalized spacial score (nSPS) is 13.9. The number of anilines is 2. The Balaban J connectivity index is 1.82. The molecule has 2 amide bonds. The summed E-state index contributed by atoms with van der Waals surface area (Å²) in [6.07, 6.45) is 0. The number of carbonyl (C=O) groups is 1. The predicted octanol–water partition coefficient (Wildman–Crippen LogP) is 2.82.